The van der Waals surface area contributed by atoms with Crippen LogP contribution < -0.4 is 5.32 Å². The van der Waals surface area contributed by atoms with Crippen LogP contribution in [0.15, 0.2) is 18.2 Å². The number of carbonyl (C=O) groups excluding carboxylic acids is 1. The molecule has 1 fully saturated rings. The van der Waals surface area contributed by atoms with Crippen molar-refractivity contribution in [3.05, 3.63) is 29.3 Å². The van der Waals surface area contributed by atoms with E-state index in [9.17, 15) is 9.90 Å². The van der Waals surface area contributed by atoms with Gasteiger partial charge in [0, 0.05) is 18.7 Å². The van der Waals surface area contributed by atoms with Gasteiger partial charge in [-0.25, -0.2) is 0 Å². The van der Waals surface area contributed by atoms with E-state index in [4.69, 9.17) is 4.74 Å². The molecule has 0 heterocycles. The van der Waals surface area contributed by atoms with E-state index in [1.54, 1.807) is 26.2 Å². The summed E-state index contributed by atoms with van der Waals surface area (Å²) in [5.41, 5.74) is 1.27. The Kier molecular flexibility index (Phi) is 3.87. The monoisotopic (exact) mass is 249 g/mol. The highest BCUT2D eigenvalue weighted by Crippen LogP contribution is 2.22. The fourth-order valence-corrected chi connectivity index (χ4v) is 2.30. The second-order valence-corrected chi connectivity index (χ2v) is 4.84. The van der Waals surface area contributed by atoms with Gasteiger partial charge in [-0.15, -0.1) is 0 Å². The van der Waals surface area contributed by atoms with Crippen molar-refractivity contribution in [3.63, 3.8) is 0 Å². The van der Waals surface area contributed by atoms with Gasteiger partial charge < -0.3 is 15.2 Å². The Labute approximate surface area is 107 Å². The largest absolute Gasteiger partial charge is 0.508 e. The average Bonchev–Trinajstić information content (AvgIpc) is 2.80. The quantitative estimate of drug-likeness (QED) is 0.861. The van der Waals surface area contributed by atoms with Gasteiger partial charge in [-0.05, 0) is 43.9 Å². The Hall–Kier alpha value is -1.55. The zero-order valence-electron chi connectivity index (χ0n) is 10.8. The van der Waals surface area contributed by atoms with Crippen molar-refractivity contribution < 1.29 is 14.6 Å². The summed E-state index contributed by atoms with van der Waals surface area (Å²) in [7, 11) is 1.70. The summed E-state index contributed by atoms with van der Waals surface area (Å²) in [6.45, 7) is 1.80. The van der Waals surface area contributed by atoms with Gasteiger partial charge in [-0.2, -0.15) is 0 Å². The molecule has 1 amide bonds. The van der Waals surface area contributed by atoms with Crippen molar-refractivity contribution in [2.45, 2.75) is 38.3 Å². The third-order valence-electron chi connectivity index (χ3n) is 3.52. The molecule has 2 atom stereocenters. The number of nitrogens with one attached hydrogen (secondary N) is 1. The molecular weight excluding hydrogens is 230 g/mol. The van der Waals surface area contributed by atoms with Crippen molar-refractivity contribution in [2.24, 2.45) is 0 Å². The molecule has 0 aliphatic heterocycles. The van der Waals surface area contributed by atoms with Crippen LogP contribution >= 0.6 is 0 Å². The van der Waals surface area contributed by atoms with Gasteiger partial charge in [0.2, 0.25) is 0 Å². The predicted molar refractivity (Wildman–Crippen MR) is 68.7 cm³/mol. The maximum absolute atomic E-state index is 12.0. The lowest BCUT2D eigenvalue weighted by Gasteiger charge is -2.13. The molecule has 0 bridgehead atoms. The third-order valence-corrected chi connectivity index (χ3v) is 3.52. The minimum absolute atomic E-state index is 0.132. The molecule has 18 heavy (non-hydrogen) atoms. The lowest BCUT2D eigenvalue weighted by molar-refractivity contribution is 0.0914. The van der Waals surface area contributed by atoms with E-state index in [-0.39, 0.29) is 23.8 Å². The van der Waals surface area contributed by atoms with Crippen molar-refractivity contribution in [1.82, 2.24) is 5.32 Å². The van der Waals surface area contributed by atoms with Gasteiger partial charge in [-0.1, -0.05) is 6.07 Å². The zero-order valence-corrected chi connectivity index (χ0v) is 10.8. The minimum atomic E-state index is -0.132. The maximum Gasteiger partial charge on any atom is 0.251 e. The van der Waals surface area contributed by atoms with Crippen LogP contribution in [0, 0.1) is 6.92 Å². The molecule has 2 unspecified atom stereocenters. The zero-order chi connectivity index (χ0) is 13.1. The third kappa shape index (κ3) is 2.82. The van der Waals surface area contributed by atoms with E-state index in [0.717, 1.165) is 24.8 Å². The molecule has 0 aromatic heterocycles. The first-order chi connectivity index (χ1) is 8.60. The van der Waals surface area contributed by atoms with Crippen molar-refractivity contribution in [1.29, 1.82) is 0 Å². The summed E-state index contributed by atoms with van der Waals surface area (Å²) < 4.78 is 5.27. The molecular formula is C14H19NO3. The molecule has 1 aromatic rings. The molecule has 4 nitrogen and oxygen atoms in total. The number of hydrogen-bond donors (Lipinski definition) is 2. The van der Waals surface area contributed by atoms with Gasteiger partial charge in [0.15, 0.2) is 0 Å². The number of phenols is 1. The molecule has 1 aromatic carbocycles. The number of rotatable bonds is 3. The van der Waals surface area contributed by atoms with Gasteiger partial charge in [0.25, 0.3) is 5.91 Å². The summed E-state index contributed by atoms with van der Waals surface area (Å²) in [5, 5.41) is 12.6. The van der Waals surface area contributed by atoms with E-state index in [2.05, 4.69) is 5.32 Å². The van der Waals surface area contributed by atoms with E-state index in [0.29, 0.717) is 5.56 Å². The Bertz CT molecular complexity index is 445. The SMILES string of the molecule is COC1CCC(NC(=O)c2ccc(C)c(O)c2)C1. The molecule has 98 valence electrons. The Morgan fingerprint density at radius 3 is 2.83 bits per heavy atom. The van der Waals surface area contributed by atoms with Gasteiger partial charge >= 0.3 is 0 Å². The Balaban J connectivity index is 1.97. The first kappa shape index (κ1) is 12.9. The second-order valence-electron chi connectivity index (χ2n) is 4.84. The Morgan fingerprint density at radius 2 is 2.22 bits per heavy atom. The fraction of sp³-hybridized carbons (Fsp3) is 0.500. The van der Waals surface area contributed by atoms with Crippen molar-refractivity contribution in [3.8, 4) is 5.75 Å². The number of phenolic OH excluding ortho intramolecular Hbond substituents is 1. The summed E-state index contributed by atoms with van der Waals surface area (Å²) in [6, 6.07) is 5.16. The van der Waals surface area contributed by atoms with Gasteiger partial charge in [-0.3, -0.25) is 4.79 Å². The van der Waals surface area contributed by atoms with Crippen LogP contribution in [-0.4, -0.2) is 30.3 Å². The number of hydrogen-bond acceptors (Lipinski definition) is 3. The van der Waals surface area contributed by atoms with Crippen LogP contribution in [0.5, 0.6) is 5.75 Å². The van der Waals surface area contributed by atoms with Crippen molar-refractivity contribution >= 4 is 5.91 Å². The highest BCUT2D eigenvalue weighted by Gasteiger charge is 2.25. The smallest absolute Gasteiger partial charge is 0.251 e. The van der Waals surface area contributed by atoms with E-state index < -0.39 is 0 Å². The molecule has 2 N–H and O–H groups in total. The standard InChI is InChI=1S/C14H19NO3/c1-9-3-4-10(7-13(9)16)14(17)15-11-5-6-12(8-11)18-2/h3-4,7,11-12,16H,5-6,8H2,1-2H3,(H,15,17). The highest BCUT2D eigenvalue weighted by molar-refractivity contribution is 5.94. The molecule has 1 aliphatic rings. The van der Waals surface area contributed by atoms with E-state index in [1.807, 2.05) is 0 Å². The van der Waals surface area contributed by atoms with Crippen LogP contribution in [0.1, 0.15) is 35.2 Å². The van der Waals surface area contributed by atoms with Crippen LogP contribution in [-0.2, 0) is 4.74 Å². The average molecular weight is 249 g/mol. The predicted octanol–water partition coefficient (Wildman–Crippen LogP) is 2.00. The van der Waals surface area contributed by atoms with E-state index >= 15 is 0 Å². The number of carbonyl (C=O) groups is 1. The number of ether oxygens (including phenoxy) is 1. The number of benzene rings is 1. The normalized spacial score (nSPS) is 23.0. The van der Waals surface area contributed by atoms with E-state index in [1.165, 1.54) is 6.07 Å². The van der Waals surface area contributed by atoms with Gasteiger partial charge in [0.1, 0.15) is 5.75 Å². The maximum atomic E-state index is 12.0. The first-order valence-electron chi connectivity index (χ1n) is 6.23. The minimum Gasteiger partial charge on any atom is -0.508 e. The lowest BCUT2D eigenvalue weighted by Crippen LogP contribution is -2.33. The molecule has 1 saturated carbocycles. The van der Waals surface area contributed by atoms with Crippen LogP contribution in [0.3, 0.4) is 0 Å². The van der Waals surface area contributed by atoms with Crippen molar-refractivity contribution in [2.75, 3.05) is 7.11 Å². The number of aryl methyl sites for hydroxylation is 1. The molecule has 0 saturated heterocycles. The van der Waals surface area contributed by atoms with Crippen LogP contribution in [0.4, 0.5) is 0 Å². The van der Waals surface area contributed by atoms with Gasteiger partial charge in [0.05, 0.1) is 6.10 Å². The number of methoxy groups -OCH3 is 1. The topological polar surface area (TPSA) is 58.6 Å². The molecule has 2 rings (SSSR count). The first-order valence-corrected chi connectivity index (χ1v) is 6.23. The number of aromatic hydroxyl groups is 1. The van der Waals surface area contributed by atoms with Crippen LogP contribution in [0.25, 0.3) is 0 Å². The summed E-state index contributed by atoms with van der Waals surface area (Å²) in [4.78, 5) is 12.0. The molecule has 0 radical (unpaired) electrons. The highest BCUT2D eigenvalue weighted by atomic mass is 16.5. The second kappa shape index (κ2) is 5.40. The van der Waals surface area contributed by atoms with Crippen LogP contribution in [0.2, 0.25) is 0 Å². The summed E-state index contributed by atoms with van der Waals surface area (Å²) >= 11 is 0. The number of amides is 1. The Morgan fingerprint density at radius 1 is 1.44 bits per heavy atom. The molecule has 1 aliphatic carbocycles. The fourth-order valence-electron chi connectivity index (χ4n) is 2.30. The lowest BCUT2D eigenvalue weighted by atomic mass is 10.1. The summed E-state index contributed by atoms with van der Waals surface area (Å²) in [6.07, 6.45) is 3.05. The molecule has 4 heteroatoms. The summed E-state index contributed by atoms with van der Waals surface area (Å²) in [5.74, 6) is 0.0240. The molecule has 0 spiro atoms.